The molecular weight excluding hydrogens is 410 g/mol. The maximum Gasteiger partial charge on any atom is 0.261 e. The molecule has 0 aliphatic carbocycles. The fourth-order valence-corrected chi connectivity index (χ4v) is 6.82. The van der Waals surface area contributed by atoms with Crippen LogP contribution in [0.2, 0.25) is 0 Å². The molecule has 4 rings (SSSR count). The molecule has 2 amide bonds. The van der Waals surface area contributed by atoms with Crippen LogP contribution in [-0.2, 0) is 0 Å². The van der Waals surface area contributed by atoms with E-state index in [0.717, 1.165) is 22.6 Å². The van der Waals surface area contributed by atoms with E-state index in [1.54, 1.807) is 44.9 Å². The molecule has 8 heteroatoms. The standard InChI is InChI=1S/C20H23N3O2S3/c1-13(2)22(16-19(27-28-20(16)26)21-9-5-6-10-21)11-12-23-17(24)14-7-3-4-8-15(14)18(23)25/h3-4,7-8,13H,5-6,9-12H2,1-2H3. The van der Waals surface area contributed by atoms with Crippen LogP contribution in [0.4, 0.5) is 10.7 Å². The number of nitrogens with zero attached hydrogens (tertiary/aromatic N) is 3. The summed E-state index contributed by atoms with van der Waals surface area (Å²) < 4.78 is 0.892. The lowest BCUT2D eigenvalue weighted by Gasteiger charge is -2.32. The molecule has 1 aromatic carbocycles. The van der Waals surface area contributed by atoms with Crippen molar-refractivity contribution in [2.75, 3.05) is 36.0 Å². The fraction of sp³-hybridized carbons (Fsp3) is 0.450. The SMILES string of the molecule is CC(C)N(CCN1C(=O)c2ccccc2C1=O)c1c(N2CCCC2)ssc1=S. The zero-order valence-corrected chi connectivity index (χ0v) is 18.5. The van der Waals surface area contributed by atoms with Crippen LogP contribution < -0.4 is 9.80 Å². The van der Waals surface area contributed by atoms with Crippen molar-refractivity contribution in [3.05, 3.63) is 39.2 Å². The first-order valence-electron chi connectivity index (χ1n) is 9.59. The maximum absolute atomic E-state index is 12.7. The zero-order chi connectivity index (χ0) is 19.8. The molecule has 2 aliphatic heterocycles. The van der Waals surface area contributed by atoms with E-state index in [0.29, 0.717) is 24.2 Å². The van der Waals surface area contributed by atoms with Crippen molar-refractivity contribution < 1.29 is 9.59 Å². The summed E-state index contributed by atoms with van der Waals surface area (Å²) in [5.41, 5.74) is 2.10. The highest BCUT2D eigenvalue weighted by Gasteiger charge is 2.35. The summed E-state index contributed by atoms with van der Waals surface area (Å²) >= 11 is 5.67. The molecule has 0 spiro atoms. The monoisotopic (exact) mass is 433 g/mol. The molecule has 1 fully saturated rings. The van der Waals surface area contributed by atoms with Crippen LogP contribution in [0, 0.1) is 3.82 Å². The summed E-state index contributed by atoms with van der Waals surface area (Å²) in [6.45, 7) is 7.34. The smallest absolute Gasteiger partial charge is 0.261 e. The van der Waals surface area contributed by atoms with E-state index in [1.807, 2.05) is 0 Å². The molecule has 0 atom stereocenters. The summed E-state index contributed by atoms with van der Waals surface area (Å²) in [6, 6.07) is 7.27. The summed E-state index contributed by atoms with van der Waals surface area (Å²) in [4.78, 5) is 31.4. The molecule has 0 bridgehead atoms. The molecule has 0 saturated carbocycles. The first-order valence-corrected chi connectivity index (χ1v) is 12.1. The Morgan fingerprint density at radius 1 is 1.07 bits per heavy atom. The molecule has 3 heterocycles. The maximum atomic E-state index is 12.7. The topological polar surface area (TPSA) is 43.9 Å². The minimum atomic E-state index is -0.198. The number of rotatable bonds is 6. The third kappa shape index (κ3) is 3.38. The average Bonchev–Trinajstić information content (AvgIpc) is 3.38. The predicted octanol–water partition coefficient (Wildman–Crippen LogP) is 4.65. The summed E-state index contributed by atoms with van der Waals surface area (Å²) in [5.74, 6) is -0.397. The van der Waals surface area contributed by atoms with Crippen LogP contribution in [0.5, 0.6) is 0 Å². The minimum absolute atomic E-state index is 0.198. The molecule has 5 nitrogen and oxygen atoms in total. The van der Waals surface area contributed by atoms with Crippen LogP contribution in [0.25, 0.3) is 0 Å². The van der Waals surface area contributed by atoms with Gasteiger partial charge in [-0.3, -0.25) is 14.5 Å². The Labute approximate surface area is 177 Å². The van der Waals surface area contributed by atoms with Crippen molar-refractivity contribution in [2.45, 2.75) is 32.7 Å². The molecule has 148 valence electrons. The summed E-state index contributed by atoms with van der Waals surface area (Å²) in [7, 11) is 3.38. The van der Waals surface area contributed by atoms with Crippen LogP contribution in [-0.4, -0.2) is 48.9 Å². The van der Waals surface area contributed by atoms with Crippen LogP contribution >= 0.6 is 32.9 Å². The molecule has 1 aromatic heterocycles. The van der Waals surface area contributed by atoms with Crippen molar-refractivity contribution in [3.63, 3.8) is 0 Å². The van der Waals surface area contributed by atoms with Gasteiger partial charge in [-0.25, -0.2) is 0 Å². The van der Waals surface area contributed by atoms with Gasteiger partial charge in [0, 0.05) is 32.2 Å². The van der Waals surface area contributed by atoms with E-state index in [9.17, 15) is 9.59 Å². The molecule has 0 unspecified atom stereocenters. The lowest BCUT2D eigenvalue weighted by atomic mass is 10.1. The van der Waals surface area contributed by atoms with Crippen LogP contribution in [0.1, 0.15) is 47.4 Å². The van der Waals surface area contributed by atoms with Crippen LogP contribution in [0.15, 0.2) is 24.3 Å². The molecule has 1 saturated heterocycles. The van der Waals surface area contributed by atoms with Gasteiger partial charge in [0.15, 0.2) is 0 Å². The zero-order valence-electron chi connectivity index (χ0n) is 16.0. The number of fused-ring (bicyclic) bond motifs is 1. The highest BCUT2D eigenvalue weighted by molar-refractivity contribution is 7.80. The Balaban J connectivity index is 1.57. The van der Waals surface area contributed by atoms with Gasteiger partial charge in [0.1, 0.15) is 14.5 Å². The normalized spacial score (nSPS) is 16.4. The Morgan fingerprint density at radius 3 is 2.25 bits per heavy atom. The second-order valence-corrected chi connectivity index (χ2v) is 10.2. The Kier molecular flexibility index (Phi) is 5.53. The van der Waals surface area contributed by atoms with Crippen molar-refractivity contribution in [1.29, 1.82) is 0 Å². The van der Waals surface area contributed by atoms with Gasteiger partial charge in [0.25, 0.3) is 11.8 Å². The molecule has 2 aromatic rings. The van der Waals surface area contributed by atoms with Gasteiger partial charge in [0.2, 0.25) is 0 Å². The van der Waals surface area contributed by atoms with Crippen molar-refractivity contribution in [2.24, 2.45) is 0 Å². The fourth-order valence-electron chi connectivity index (χ4n) is 3.88. The molecular formula is C20H23N3O2S3. The van der Waals surface area contributed by atoms with Gasteiger partial charge in [-0.15, -0.1) is 0 Å². The number of hydrogen-bond acceptors (Lipinski definition) is 7. The highest BCUT2D eigenvalue weighted by Crippen LogP contribution is 2.42. The third-order valence-corrected chi connectivity index (χ3v) is 8.36. The average molecular weight is 434 g/mol. The van der Waals surface area contributed by atoms with Crippen molar-refractivity contribution >= 4 is 55.4 Å². The minimum Gasteiger partial charge on any atom is -0.363 e. The van der Waals surface area contributed by atoms with Gasteiger partial charge in [0.05, 0.1) is 11.1 Å². The predicted molar refractivity (Wildman–Crippen MR) is 119 cm³/mol. The van der Waals surface area contributed by atoms with Gasteiger partial charge in [-0.1, -0.05) is 45.0 Å². The number of carbonyl (C=O) groups excluding carboxylic acids is 2. The second kappa shape index (κ2) is 7.93. The number of amides is 2. The van der Waals surface area contributed by atoms with Gasteiger partial charge in [-0.2, -0.15) is 0 Å². The lowest BCUT2D eigenvalue weighted by Crippen LogP contribution is -2.41. The number of benzene rings is 1. The number of carbonyl (C=O) groups is 2. The Hall–Kier alpha value is -1.77. The third-order valence-electron chi connectivity index (χ3n) is 5.34. The highest BCUT2D eigenvalue weighted by atomic mass is 32.9. The van der Waals surface area contributed by atoms with Crippen LogP contribution in [0.3, 0.4) is 0 Å². The molecule has 0 radical (unpaired) electrons. The van der Waals surface area contributed by atoms with E-state index in [-0.39, 0.29) is 17.9 Å². The molecule has 28 heavy (non-hydrogen) atoms. The largest absolute Gasteiger partial charge is 0.363 e. The Bertz CT molecular complexity index is 925. The van der Waals surface area contributed by atoms with E-state index in [2.05, 4.69) is 23.6 Å². The summed E-state index contributed by atoms with van der Waals surface area (Å²) in [6.07, 6.45) is 2.43. The molecule has 0 N–H and O–H groups in total. The lowest BCUT2D eigenvalue weighted by molar-refractivity contribution is 0.0657. The van der Waals surface area contributed by atoms with Gasteiger partial charge >= 0.3 is 0 Å². The van der Waals surface area contributed by atoms with Crippen molar-refractivity contribution in [3.8, 4) is 0 Å². The number of hydrogen-bond donors (Lipinski definition) is 0. The second-order valence-electron chi connectivity index (χ2n) is 7.40. The quantitative estimate of drug-likeness (QED) is 0.377. The number of anilines is 2. The Morgan fingerprint density at radius 2 is 1.68 bits per heavy atom. The van der Waals surface area contributed by atoms with E-state index in [4.69, 9.17) is 12.2 Å². The van der Waals surface area contributed by atoms with E-state index < -0.39 is 0 Å². The first-order chi connectivity index (χ1) is 13.5. The summed E-state index contributed by atoms with van der Waals surface area (Å²) in [5, 5.41) is 1.24. The number of imide groups is 1. The van der Waals surface area contributed by atoms with Crippen molar-refractivity contribution in [1.82, 2.24) is 4.90 Å². The van der Waals surface area contributed by atoms with Gasteiger partial charge < -0.3 is 9.80 Å². The molecule has 2 aliphatic rings. The van der Waals surface area contributed by atoms with E-state index in [1.165, 1.54) is 22.7 Å². The van der Waals surface area contributed by atoms with E-state index >= 15 is 0 Å². The van der Waals surface area contributed by atoms with Gasteiger partial charge in [-0.05, 0) is 38.8 Å². The first kappa shape index (κ1) is 19.5.